The van der Waals surface area contributed by atoms with E-state index < -0.39 is 0 Å². The second kappa shape index (κ2) is 6.79. The van der Waals surface area contributed by atoms with Crippen molar-refractivity contribution in [3.05, 3.63) is 53.6 Å². The maximum atomic E-state index is 12.1. The van der Waals surface area contributed by atoms with Gasteiger partial charge in [0.05, 0.1) is 17.3 Å². The van der Waals surface area contributed by atoms with E-state index in [0.29, 0.717) is 18.0 Å². The lowest BCUT2D eigenvalue weighted by Crippen LogP contribution is -2.12. The highest BCUT2D eigenvalue weighted by atomic mass is 32.1. The Labute approximate surface area is 139 Å². The summed E-state index contributed by atoms with van der Waals surface area (Å²) in [6.07, 6.45) is 1.04. The third-order valence-corrected chi connectivity index (χ3v) is 4.54. The summed E-state index contributed by atoms with van der Waals surface area (Å²) >= 11 is 1.50. The van der Waals surface area contributed by atoms with E-state index in [1.807, 2.05) is 43.3 Å². The van der Waals surface area contributed by atoms with Gasteiger partial charge in [0.15, 0.2) is 5.13 Å². The average Bonchev–Trinajstić information content (AvgIpc) is 2.94. The van der Waals surface area contributed by atoms with Crippen molar-refractivity contribution in [3.63, 3.8) is 0 Å². The molecule has 3 aromatic rings. The summed E-state index contributed by atoms with van der Waals surface area (Å²) in [5.41, 5.74) is 3.14. The van der Waals surface area contributed by atoms with E-state index in [-0.39, 0.29) is 5.91 Å². The molecule has 5 heteroatoms. The van der Waals surface area contributed by atoms with E-state index in [0.717, 1.165) is 21.5 Å². The summed E-state index contributed by atoms with van der Waals surface area (Å²) in [6, 6.07) is 13.8. The molecule has 0 aliphatic heterocycles. The van der Waals surface area contributed by atoms with E-state index in [9.17, 15) is 4.79 Å². The quantitative estimate of drug-likeness (QED) is 0.765. The van der Waals surface area contributed by atoms with Gasteiger partial charge in [-0.05, 0) is 42.7 Å². The number of carbonyl (C=O) groups is 1. The van der Waals surface area contributed by atoms with Gasteiger partial charge in [-0.25, -0.2) is 4.98 Å². The largest absolute Gasteiger partial charge is 0.496 e. The zero-order valence-corrected chi connectivity index (χ0v) is 13.9. The Bertz CT molecular complexity index is 842. The first kappa shape index (κ1) is 15.5. The fourth-order valence-corrected chi connectivity index (χ4v) is 3.41. The molecule has 0 aliphatic rings. The molecule has 0 bridgehead atoms. The fourth-order valence-electron chi connectivity index (χ4n) is 2.42. The van der Waals surface area contributed by atoms with Gasteiger partial charge in [-0.2, -0.15) is 0 Å². The number of aryl methyl sites for hydroxylation is 2. The predicted octanol–water partition coefficient (Wildman–Crippen LogP) is 4.18. The number of amides is 1. The monoisotopic (exact) mass is 326 g/mol. The molecule has 118 valence electrons. The van der Waals surface area contributed by atoms with E-state index in [2.05, 4.69) is 16.4 Å². The van der Waals surface area contributed by atoms with Gasteiger partial charge in [-0.3, -0.25) is 4.79 Å². The number of methoxy groups -OCH3 is 1. The number of benzene rings is 2. The summed E-state index contributed by atoms with van der Waals surface area (Å²) < 4.78 is 6.39. The van der Waals surface area contributed by atoms with Crippen LogP contribution in [-0.4, -0.2) is 18.0 Å². The number of carbonyl (C=O) groups excluding carboxylic acids is 1. The van der Waals surface area contributed by atoms with Crippen molar-refractivity contribution >= 4 is 32.6 Å². The van der Waals surface area contributed by atoms with Crippen LogP contribution in [0.4, 0.5) is 5.13 Å². The van der Waals surface area contributed by atoms with E-state index in [1.165, 1.54) is 16.9 Å². The summed E-state index contributed by atoms with van der Waals surface area (Å²) in [4.78, 5) is 16.6. The molecule has 0 saturated heterocycles. The van der Waals surface area contributed by atoms with Crippen molar-refractivity contribution in [2.24, 2.45) is 0 Å². The van der Waals surface area contributed by atoms with Crippen molar-refractivity contribution in [1.82, 2.24) is 4.98 Å². The van der Waals surface area contributed by atoms with Gasteiger partial charge in [0, 0.05) is 6.42 Å². The Balaban J connectivity index is 1.64. The average molecular weight is 326 g/mol. The third kappa shape index (κ3) is 3.68. The minimum atomic E-state index is -0.0355. The van der Waals surface area contributed by atoms with Crippen molar-refractivity contribution in [3.8, 4) is 5.75 Å². The molecule has 1 amide bonds. The van der Waals surface area contributed by atoms with Crippen molar-refractivity contribution in [2.45, 2.75) is 19.8 Å². The molecular formula is C18H18N2O2S. The standard InChI is InChI=1S/C18H18N2O2S/c1-12-7-9-14-16(11-12)23-18(19-14)20-17(21)10-8-13-5-3-4-6-15(13)22-2/h3-7,9,11H,8,10H2,1-2H3,(H,19,20,21). The number of rotatable bonds is 5. The highest BCUT2D eigenvalue weighted by Gasteiger charge is 2.09. The summed E-state index contributed by atoms with van der Waals surface area (Å²) in [5.74, 6) is 0.780. The number of hydrogen-bond acceptors (Lipinski definition) is 4. The number of para-hydroxylation sites is 1. The van der Waals surface area contributed by atoms with Gasteiger partial charge >= 0.3 is 0 Å². The predicted molar refractivity (Wildman–Crippen MR) is 94.3 cm³/mol. The van der Waals surface area contributed by atoms with E-state index in [1.54, 1.807) is 7.11 Å². The van der Waals surface area contributed by atoms with Gasteiger partial charge in [0.25, 0.3) is 0 Å². The molecule has 1 heterocycles. The lowest BCUT2D eigenvalue weighted by Gasteiger charge is -2.07. The lowest BCUT2D eigenvalue weighted by atomic mass is 10.1. The maximum absolute atomic E-state index is 12.1. The Morgan fingerprint density at radius 3 is 2.91 bits per heavy atom. The molecule has 0 spiro atoms. The van der Waals surface area contributed by atoms with Gasteiger partial charge in [-0.1, -0.05) is 35.6 Å². The molecule has 0 unspecified atom stereocenters. The maximum Gasteiger partial charge on any atom is 0.226 e. The van der Waals surface area contributed by atoms with Crippen LogP contribution in [0.15, 0.2) is 42.5 Å². The van der Waals surface area contributed by atoms with E-state index in [4.69, 9.17) is 4.74 Å². The molecule has 1 N–H and O–H groups in total. The molecule has 0 radical (unpaired) electrons. The minimum absolute atomic E-state index is 0.0355. The van der Waals surface area contributed by atoms with Crippen molar-refractivity contribution in [1.29, 1.82) is 0 Å². The second-order valence-corrected chi connectivity index (χ2v) is 6.38. The molecule has 2 aromatic carbocycles. The number of nitrogens with one attached hydrogen (secondary N) is 1. The first-order valence-electron chi connectivity index (χ1n) is 7.44. The van der Waals surface area contributed by atoms with Crippen LogP contribution >= 0.6 is 11.3 Å². The van der Waals surface area contributed by atoms with Crippen LogP contribution in [0.1, 0.15) is 17.5 Å². The minimum Gasteiger partial charge on any atom is -0.496 e. The number of fused-ring (bicyclic) bond motifs is 1. The zero-order chi connectivity index (χ0) is 16.2. The van der Waals surface area contributed by atoms with Crippen LogP contribution in [0.2, 0.25) is 0 Å². The first-order chi connectivity index (χ1) is 11.2. The normalized spacial score (nSPS) is 10.7. The fraction of sp³-hybridized carbons (Fsp3) is 0.222. The van der Waals surface area contributed by atoms with Gasteiger partial charge in [0.2, 0.25) is 5.91 Å². The number of ether oxygens (including phenoxy) is 1. The highest BCUT2D eigenvalue weighted by Crippen LogP contribution is 2.27. The molecule has 3 rings (SSSR count). The SMILES string of the molecule is COc1ccccc1CCC(=O)Nc1nc2ccc(C)cc2s1. The Morgan fingerprint density at radius 1 is 1.26 bits per heavy atom. The van der Waals surface area contributed by atoms with Crippen LogP contribution in [0.25, 0.3) is 10.2 Å². The zero-order valence-electron chi connectivity index (χ0n) is 13.1. The van der Waals surface area contributed by atoms with Crippen LogP contribution in [0, 0.1) is 6.92 Å². The number of nitrogens with zero attached hydrogens (tertiary/aromatic N) is 1. The van der Waals surface area contributed by atoms with Crippen molar-refractivity contribution in [2.75, 3.05) is 12.4 Å². The molecule has 0 fully saturated rings. The molecule has 0 aliphatic carbocycles. The topological polar surface area (TPSA) is 51.2 Å². The lowest BCUT2D eigenvalue weighted by molar-refractivity contribution is -0.116. The third-order valence-electron chi connectivity index (χ3n) is 3.60. The van der Waals surface area contributed by atoms with Crippen molar-refractivity contribution < 1.29 is 9.53 Å². The van der Waals surface area contributed by atoms with Crippen LogP contribution in [-0.2, 0) is 11.2 Å². The summed E-state index contributed by atoms with van der Waals surface area (Å²) in [5, 5.41) is 3.53. The first-order valence-corrected chi connectivity index (χ1v) is 8.26. The number of thiazole rings is 1. The number of aromatic nitrogens is 1. The second-order valence-electron chi connectivity index (χ2n) is 5.35. The van der Waals surface area contributed by atoms with E-state index >= 15 is 0 Å². The molecule has 1 aromatic heterocycles. The van der Waals surface area contributed by atoms with Gasteiger partial charge < -0.3 is 10.1 Å². The Hall–Kier alpha value is -2.40. The Kier molecular flexibility index (Phi) is 4.57. The highest BCUT2D eigenvalue weighted by molar-refractivity contribution is 7.22. The summed E-state index contributed by atoms with van der Waals surface area (Å²) in [7, 11) is 1.64. The van der Waals surface area contributed by atoms with Crippen LogP contribution in [0.5, 0.6) is 5.75 Å². The molecule has 23 heavy (non-hydrogen) atoms. The van der Waals surface area contributed by atoms with Gasteiger partial charge in [0.1, 0.15) is 5.75 Å². The van der Waals surface area contributed by atoms with Gasteiger partial charge in [-0.15, -0.1) is 0 Å². The van der Waals surface area contributed by atoms with Crippen LogP contribution in [0.3, 0.4) is 0 Å². The number of anilines is 1. The molecule has 0 saturated carbocycles. The van der Waals surface area contributed by atoms with Crippen LogP contribution < -0.4 is 10.1 Å². The molecule has 4 nitrogen and oxygen atoms in total. The molecular weight excluding hydrogens is 308 g/mol. The molecule has 0 atom stereocenters. The smallest absolute Gasteiger partial charge is 0.226 e. The Morgan fingerprint density at radius 2 is 2.09 bits per heavy atom. The number of hydrogen-bond donors (Lipinski definition) is 1. The summed E-state index contributed by atoms with van der Waals surface area (Å²) in [6.45, 7) is 2.05.